The molecule has 0 N–H and O–H groups in total. The van der Waals surface area contributed by atoms with Gasteiger partial charge in [-0.3, -0.25) is 0 Å². The van der Waals surface area contributed by atoms with Gasteiger partial charge in [-0.2, -0.15) is 0 Å². The van der Waals surface area contributed by atoms with Crippen molar-refractivity contribution < 1.29 is 9.47 Å². The highest BCUT2D eigenvalue weighted by molar-refractivity contribution is 6.33. The van der Waals surface area contributed by atoms with Crippen LogP contribution in [0.25, 0.3) is 33.6 Å². The van der Waals surface area contributed by atoms with E-state index >= 15 is 0 Å². The number of methoxy groups -OCH3 is 2. The van der Waals surface area contributed by atoms with Gasteiger partial charge in [0.2, 0.25) is 0 Å². The van der Waals surface area contributed by atoms with Gasteiger partial charge in [0, 0.05) is 21.7 Å². The molecule has 0 aliphatic heterocycles. The van der Waals surface area contributed by atoms with Gasteiger partial charge in [0.15, 0.2) is 0 Å². The van der Waals surface area contributed by atoms with Gasteiger partial charge >= 0.3 is 0 Å². The lowest BCUT2D eigenvalue weighted by molar-refractivity contribution is 0.415. The topological polar surface area (TPSA) is 31.4 Å². The van der Waals surface area contributed by atoms with Crippen molar-refractivity contribution in [1.29, 1.82) is 0 Å². The Morgan fingerprint density at radius 3 is 1.55 bits per heavy atom. The Morgan fingerprint density at radius 2 is 1.10 bits per heavy atom. The average Bonchev–Trinajstić information content (AvgIpc) is 2.79. The van der Waals surface area contributed by atoms with Crippen LogP contribution in [0.1, 0.15) is 0 Å². The lowest BCUT2D eigenvalue weighted by Crippen LogP contribution is -1.92. The lowest BCUT2D eigenvalue weighted by atomic mass is 10.00. The Hall–Kier alpha value is -3.30. The van der Waals surface area contributed by atoms with Crippen LogP contribution in [0.2, 0.25) is 5.02 Å². The van der Waals surface area contributed by atoms with E-state index in [1.807, 2.05) is 72.8 Å². The van der Waals surface area contributed by atoms with Crippen molar-refractivity contribution in [3.8, 4) is 45.1 Å². The maximum atomic E-state index is 6.48. The van der Waals surface area contributed by atoms with Crippen LogP contribution in [0.3, 0.4) is 0 Å². The summed E-state index contributed by atoms with van der Waals surface area (Å²) in [7, 11) is 3.32. The molecule has 0 unspecified atom stereocenters. The van der Waals surface area contributed by atoms with Gasteiger partial charge in [-0.1, -0.05) is 29.8 Å². The molecule has 0 bridgehead atoms. The van der Waals surface area contributed by atoms with Crippen molar-refractivity contribution in [2.24, 2.45) is 0 Å². The van der Waals surface area contributed by atoms with Crippen LogP contribution in [0.5, 0.6) is 11.5 Å². The lowest BCUT2D eigenvalue weighted by Gasteiger charge is -2.12. The zero-order chi connectivity index (χ0) is 20.2. The largest absolute Gasteiger partial charge is 0.497 e. The van der Waals surface area contributed by atoms with Gasteiger partial charge in [0.1, 0.15) is 11.5 Å². The van der Waals surface area contributed by atoms with E-state index in [0.717, 1.165) is 45.1 Å². The molecule has 0 aliphatic carbocycles. The van der Waals surface area contributed by atoms with Crippen molar-refractivity contribution >= 4 is 11.6 Å². The molecule has 0 aliphatic rings. The minimum atomic E-state index is 0.708. The maximum Gasteiger partial charge on any atom is 0.118 e. The summed E-state index contributed by atoms with van der Waals surface area (Å²) in [4.78, 5) is 4.92. The third-order valence-corrected chi connectivity index (χ3v) is 5.11. The van der Waals surface area contributed by atoms with Crippen LogP contribution >= 0.6 is 11.6 Å². The van der Waals surface area contributed by atoms with E-state index in [-0.39, 0.29) is 0 Å². The van der Waals surface area contributed by atoms with Gasteiger partial charge in [0.05, 0.1) is 25.6 Å². The summed E-state index contributed by atoms with van der Waals surface area (Å²) in [6.07, 6.45) is 0. The number of halogens is 1. The minimum Gasteiger partial charge on any atom is -0.497 e. The summed E-state index contributed by atoms with van der Waals surface area (Å²) >= 11 is 6.48. The summed E-state index contributed by atoms with van der Waals surface area (Å²) < 4.78 is 10.6. The van der Waals surface area contributed by atoms with Crippen LogP contribution in [0.15, 0.2) is 84.9 Å². The Labute approximate surface area is 175 Å². The SMILES string of the molecule is COc1ccc(-c2cc(-c3ccccc3Cl)cc(-c3ccc(OC)cc3)n2)cc1. The molecule has 0 atom stereocenters. The number of benzene rings is 3. The first-order valence-corrected chi connectivity index (χ1v) is 9.61. The van der Waals surface area contributed by atoms with E-state index < -0.39 is 0 Å². The van der Waals surface area contributed by atoms with Gasteiger partial charge in [-0.05, 0) is 72.3 Å². The summed E-state index contributed by atoms with van der Waals surface area (Å²) in [6.45, 7) is 0. The average molecular weight is 402 g/mol. The van der Waals surface area contributed by atoms with E-state index in [1.54, 1.807) is 14.2 Å². The first-order chi connectivity index (χ1) is 14.2. The molecule has 4 heteroatoms. The van der Waals surface area contributed by atoms with Crippen molar-refractivity contribution in [1.82, 2.24) is 4.98 Å². The molecule has 4 aromatic rings. The number of nitrogens with zero attached hydrogens (tertiary/aromatic N) is 1. The molecule has 0 amide bonds. The molecule has 1 heterocycles. The molecule has 0 fully saturated rings. The molecule has 29 heavy (non-hydrogen) atoms. The van der Waals surface area contributed by atoms with Gasteiger partial charge < -0.3 is 9.47 Å². The zero-order valence-electron chi connectivity index (χ0n) is 16.2. The first-order valence-electron chi connectivity index (χ1n) is 9.24. The Balaban J connectivity index is 1.87. The van der Waals surface area contributed by atoms with Gasteiger partial charge in [0.25, 0.3) is 0 Å². The van der Waals surface area contributed by atoms with Crippen molar-refractivity contribution in [2.45, 2.75) is 0 Å². The number of aromatic nitrogens is 1. The summed E-state index contributed by atoms with van der Waals surface area (Å²) in [5.74, 6) is 1.62. The van der Waals surface area contributed by atoms with Crippen LogP contribution in [0.4, 0.5) is 0 Å². The van der Waals surface area contributed by atoms with Crippen molar-refractivity contribution in [2.75, 3.05) is 14.2 Å². The van der Waals surface area contributed by atoms with E-state index in [0.29, 0.717) is 5.02 Å². The molecule has 0 radical (unpaired) electrons. The Bertz CT molecular complexity index is 1060. The normalized spacial score (nSPS) is 10.6. The number of ether oxygens (including phenoxy) is 2. The minimum absolute atomic E-state index is 0.708. The molecule has 3 aromatic carbocycles. The molecular weight excluding hydrogens is 382 g/mol. The fourth-order valence-electron chi connectivity index (χ4n) is 3.20. The van der Waals surface area contributed by atoms with Crippen LogP contribution in [0, 0.1) is 0 Å². The molecule has 1 aromatic heterocycles. The van der Waals surface area contributed by atoms with Crippen molar-refractivity contribution in [3.63, 3.8) is 0 Å². The summed E-state index contributed by atoms with van der Waals surface area (Å²) in [5.41, 5.74) is 5.75. The molecule has 0 saturated heterocycles. The standard InChI is InChI=1S/C25H20ClNO2/c1-28-20-11-7-17(8-12-20)24-15-19(22-5-3-4-6-23(22)26)16-25(27-24)18-9-13-21(29-2)14-10-18/h3-16H,1-2H3. The number of pyridine rings is 1. The van der Waals surface area contributed by atoms with Crippen LogP contribution < -0.4 is 9.47 Å². The predicted molar refractivity (Wildman–Crippen MR) is 119 cm³/mol. The summed E-state index contributed by atoms with van der Waals surface area (Å²) in [6, 6.07) is 27.8. The molecular formula is C25H20ClNO2. The van der Waals surface area contributed by atoms with E-state index in [4.69, 9.17) is 26.1 Å². The fraction of sp³-hybridized carbons (Fsp3) is 0.0800. The highest BCUT2D eigenvalue weighted by Gasteiger charge is 2.11. The number of hydrogen-bond donors (Lipinski definition) is 0. The van der Waals surface area contributed by atoms with E-state index in [9.17, 15) is 0 Å². The first kappa shape index (κ1) is 19.0. The van der Waals surface area contributed by atoms with Crippen LogP contribution in [-0.2, 0) is 0 Å². The van der Waals surface area contributed by atoms with E-state index in [2.05, 4.69) is 12.1 Å². The fourth-order valence-corrected chi connectivity index (χ4v) is 3.45. The van der Waals surface area contributed by atoms with Crippen molar-refractivity contribution in [3.05, 3.63) is 90.0 Å². The second kappa shape index (κ2) is 8.38. The molecule has 0 saturated carbocycles. The second-order valence-electron chi connectivity index (χ2n) is 6.56. The second-order valence-corrected chi connectivity index (χ2v) is 6.97. The smallest absolute Gasteiger partial charge is 0.118 e. The number of hydrogen-bond acceptors (Lipinski definition) is 3. The highest BCUT2D eigenvalue weighted by atomic mass is 35.5. The van der Waals surface area contributed by atoms with Gasteiger partial charge in [-0.15, -0.1) is 0 Å². The third kappa shape index (κ3) is 4.10. The predicted octanol–water partition coefficient (Wildman–Crippen LogP) is 6.75. The summed E-state index contributed by atoms with van der Waals surface area (Å²) in [5, 5.41) is 0.708. The number of rotatable bonds is 5. The maximum absolute atomic E-state index is 6.48. The van der Waals surface area contributed by atoms with E-state index in [1.165, 1.54) is 0 Å². The molecule has 0 spiro atoms. The molecule has 3 nitrogen and oxygen atoms in total. The third-order valence-electron chi connectivity index (χ3n) is 4.78. The quantitative estimate of drug-likeness (QED) is 0.370. The highest BCUT2D eigenvalue weighted by Crippen LogP contribution is 2.34. The van der Waals surface area contributed by atoms with Crippen LogP contribution in [-0.4, -0.2) is 19.2 Å². The Morgan fingerprint density at radius 1 is 0.621 bits per heavy atom. The molecule has 144 valence electrons. The Kier molecular flexibility index (Phi) is 5.50. The monoisotopic (exact) mass is 401 g/mol. The zero-order valence-corrected chi connectivity index (χ0v) is 17.0. The van der Waals surface area contributed by atoms with Gasteiger partial charge in [-0.25, -0.2) is 4.98 Å². The molecule has 4 rings (SSSR count).